The average Bonchev–Trinajstić information content (AvgIpc) is 3.30. The van der Waals surface area contributed by atoms with Gasteiger partial charge in [-0.1, -0.05) is 19.0 Å². The van der Waals surface area contributed by atoms with Crippen molar-refractivity contribution in [3.8, 4) is 0 Å². The van der Waals surface area contributed by atoms with E-state index in [2.05, 4.69) is 55.7 Å². The minimum Gasteiger partial charge on any atom is -0.353 e. The molecule has 25 heavy (non-hydrogen) atoms. The molecule has 0 aliphatic carbocycles. The fourth-order valence-electron chi connectivity index (χ4n) is 3.24. The van der Waals surface area contributed by atoms with Crippen LogP contribution in [-0.4, -0.2) is 56.2 Å². The zero-order valence-electron chi connectivity index (χ0n) is 14.8. The average molecular weight is 341 g/mol. The minimum atomic E-state index is 0.125. The van der Waals surface area contributed by atoms with Crippen molar-refractivity contribution >= 4 is 16.9 Å². The largest absolute Gasteiger partial charge is 0.353 e. The van der Waals surface area contributed by atoms with Gasteiger partial charge in [0.05, 0.1) is 11.4 Å². The van der Waals surface area contributed by atoms with Gasteiger partial charge in [-0.05, 0) is 13.0 Å². The molecule has 0 saturated carbocycles. The number of hydrogen-bond donors (Lipinski definition) is 1. The third kappa shape index (κ3) is 2.97. The van der Waals surface area contributed by atoms with E-state index in [4.69, 9.17) is 4.52 Å². The van der Waals surface area contributed by atoms with Crippen LogP contribution in [0.5, 0.6) is 0 Å². The number of aromatic nitrogens is 5. The van der Waals surface area contributed by atoms with Crippen molar-refractivity contribution in [2.75, 3.05) is 31.1 Å². The molecule has 8 nitrogen and oxygen atoms in total. The van der Waals surface area contributed by atoms with Gasteiger partial charge in [-0.2, -0.15) is 4.98 Å². The van der Waals surface area contributed by atoms with Crippen LogP contribution in [0.15, 0.2) is 23.1 Å². The third-order valence-electron chi connectivity index (χ3n) is 4.83. The Bertz CT molecular complexity index is 847. The van der Waals surface area contributed by atoms with E-state index in [0.29, 0.717) is 5.89 Å². The van der Waals surface area contributed by atoms with Gasteiger partial charge in [-0.3, -0.25) is 4.90 Å². The summed E-state index contributed by atoms with van der Waals surface area (Å²) in [4.78, 5) is 21.1. The standard InChI is InChI=1S/C17H23N7O/c1-11(2)14-21-17(25-22-14)12(3)23-6-8-24(9-7-23)16-13-4-5-18-15(13)19-10-20-16/h4-5,10-12H,6-9H2,1-3H3,(H,18,19,20)/t12-/m1/s1. The molecule has 1 saturated heterocycles. The maximum atomic E-state index is 5.46. The molecular formula is C17H23N7O. The molecule has 4 rings (SSSR count). The molecule has 0 spiro atoms. The Kier molecular flexibility index (Phi) is 4.12. The van der Waals surface area contributed by atoms with Crippen LogP contribution in [-0.2, 0) is 0 Å². The van der Waals surface area contributed by atoms with Gasteiger partial charge in [0.15, 0.2) is 5.82 Å². The van der Waals surface area contributed by atoms with Crippen molar-refractivity contribution in [1.29, 1.82) is 0 Å². The van der Waals surface area contributed by atoms with Gasteiger partial charge < -0.3 is 14.4 Å². The van der Waals surface area contributed by atoms with Crippen molar-refractivity contribution in [3.05, 3.63) is 30.3 Å². The van der Waals surface area contributed by atoms with Crippen LogP contribution < -0.4 is 4.90 Å². The number of hydrogen-bond acceptors (Lipinski definition) is 7. The van der Waals surface area contributed by atoms with Crippen molar-refractivity contribution in [2.45, 2.75) is 32.7 Å². The van der Waals surface area contributed by atoms with Crippen LogP contribution in [0.4, 0.5) is 5.82 Å². The molecule has 4 heterocycles. The highest BCUT2D eigenvalue weighted by Crippen LogP contribution is 2.26. The van der Waals surface area contributed by atoms with Crippen molar-refractivity contribution < 1.29 is 4.52 Å². The van der Waals surface area contributed by atoms with Gasteiger partial charge in [-0.15, -0.1) is 0 Å². The molecule has 0 amide bonds. The number of rotatable bonds is 4. The van der Waals surface area contributed by atoms with E-state index in [0.717, 1.165) is 48.9 Å². The smallest absolute Gasteiger partial charge is 0.243 e. The van der Waals surface area contributed by atoms with Gasteiger partial charge in [0.2, 0.25) is 5.89 Å². The van der Waals surface area contributed by atoms with Gasteiger partial charge in [0.25, 0.3) is 0 Å². The number of aromatic amines is 1. The lowest BCUT2D eigenvalue weighted by Crippen LogP contribution is -2.47. The van der Waals surface area contributed by atoms with Crippen molar-refractivity contribution in [1.82, 2.24) is 30.0 Å². The van der Waals surface area contributed by atoms with Crippen LogP contribution in [0, 0.1) is 0 Å². The summed E-state index contributed by atoms with van der Waals surface area (Å²) in [6.45, 7) is 9.94. The first-order chi connectivity index (χ1) is 12.1. The molecule has 132 valence electrons. The summed E-state index contributed by atoms with van der Waals surface area (Å²) in [7, 11) is 0. The van der Waals surface area contributed by atoms with Crippen molar-refractivity contribution in [3.63, 3.8) is 0 Å². The molecule has 1 atom stereocenters. The molecule has 1 aliphatic rings. The van der Waals surface area contributed by atoms with Gasteiger partial charge in [0.1, 0.15) is 17.8 Å². The van der Waals surface area contributed by atoms with Gasteiger partial charge >= 0.3 is 0 Å². The van der Waals surface area contributed by atoms with Crippen LogP contribution in [0.3, 0.4) is 0 Å². The van der Waals surface area contributed by atoms with Crippen LogP contribution in [0.2, 0.25) is 0 Å². The summed E-state index contributed by atoms with van der Waals surface area (Å²) in [6.07, 6.45) is 3.53. The molecule has 3 aromatic rings. The maximum Gasteiger partial charge on any atom is 0.243 e. The van der Waals surface area contributed by atoms with E-state index >= 15 is 0 Å². The Labute approximate surface area is 146 Å². The second kappa shape index (κ2) is 6.44. The highest BCUT2D eigenvalue weighted by Gasteiger charge is 2.27. The lowest BCUT2D eigenvalue weighted by Gasteiger charge is -2.37. The summed E-state index contributed by atoms with van der Waals surface area (Å²) < 4.78 is 5.46. The maximum absolute atomic E-state index is 5.46. The Balaban J connectivity index is 1.45. The predicted octanol–water partition coefficient (Wildman–Crippen LogP) is 2.35. The van der Waals surface area contributed by atoms with Crippen LogP contribution in [0.25, 0.3) is 11.0 Å². The van der Waals surface area contributed by atoms with Gasteiger partial charge in [0, 0.05) is 38.3 Å². The Hall–Kier alpha value is -2.48. The Morgan fingerprint density at radius 2 is 1.92 bits per heavy atom. The van der Waals surface area contributed by atoms with E-state index in [-0.39, 0.29) is 12.0 Å². The molecule has 1 fully saturated rings. The quantitative estimate of drug-likeness (QED) is 0.779. The van der Waals surface area contributed by atoms with Gasteiger partial charge in [-0.25, -0.2) is 9.97 Å². The molecule has 3 aromatic heterocycles. The molecule has 1 N–H and O–H groups in total. The molecule has 0 unspecified atom stereocenters. The molecule has 8 heteroatoms. The first-order valence-electron chi connectivity index (χ1n) is 8.74. The number of H-pyrrole nitrogens is 1. The number of nitrogens with one attached hydrogen (secondary N) is 1. The van der Waals surface area contributed by atoms with Crippen LogP contribution >= 0.6 is 0 Å². The van der Waals surface area contributed by atoms with E-state index in [9.17, 15) is 0 Å². The molecule has 0 radical (unpaired) electrons. The topological polar surface area (TPSA) is 87.0 Å². The first kappa shape index (κ1) is 16.0. The third-order valence-corrected chi connectivity index (χ3v) is 4.83. The second-order valence-electron chi connectivity index (χ2n) is 6.78. The zero-order valence-corrected chi connectivity index (χ0v) is 14.8. The summed E-state index contributed by atoms with van der Waals surface area (Å²) in [5, 5.41) is 5.15. The second-order valence-corrected chi connectivity index (χ2v) is 6.78. The molecule has 0 bridgehead atoms. The number of fused-ring (bicyclic) bond motifs is 1. The lowest BCUT2D eigenvalue weighted by atomic mass is 10.2. The predicted molar refractivity (Wildman–Crippen MR) is 94.5 cm³/mol. The van der Waals surface area contributed by atoms with E-state index in [1.165, 1.54) is 0 Å². The minimum absolute atomic E-state index is 0.125. The fraction of sp³-hybridized carbons (Fsp3) is 0.529. The normalized spacial score (nSPS) is 17.5. The Morgan fingerprint density at radius 1 is 1.12 bits per heavy atom. The lowest BCUT2D eigenvalue weighted by molar-refractivity contribution is 0.164. The monoisotopic (exact) mass is 341 g/mol. The summed E-state index contributed by atoms with van der Waals surface area (Å²) in [5.41, 5.74) is 0.882. The summed E-state index contributed by atoms with van der Waals surface area (Å²) in [5.74, 6) is 2.75. The van der Waals surface area contributed by atoms with E-state index < -0.39 is 0 Å². The van der Waals surface area contributed by atoms with Crippen molar-refractivity contribution in [2.24, 2.45) is 0 Å². The Morgan fingerprint density at radius 3 is 2.64 bits per heavy atom. The van der Waals surface area contributed by atoms with E-state index in [1.54, 1.807) is 6.33 Å². The molecule has 1 aliphatic heterocycles. The fourth-order valence-corrected chi connectivity index (χ4v) is 3.24. The number of piperazine rings is 1. The SMILES string of the molecule is CC(C)c1noc([C@@H](C)N2CCN(c3ncnc4[nH]ccc34)CC2)n1. The highest BCUT2D eigenvalue weighted by molar-refractivity contribution is 5.87. The molecular weight excluding hydrogens is 318 g/mol. The first-order valence-corrected chi connectivity index (χ1v) is 8.74. The van der Waals surface area contributed by atoms with E-state index in [1.807, 2.05) is 12.3 Å². The highest BCUT2D eigenvalue weighted by atomic mass is 16.5. The number of nitrogens with zero attached hydrogens (tertiary/aromatic N) is 6. The zero-order chi connectivity index (χ0) is 17.4. The molecule has 0 aromatic carbocycles. The number of anilines is 1. The summed E-state index contributed by atoms with van der Waals surface area (Å²) in [6, 6.07) is 2.16. The summed E-state index contributed by atoms with van der Waals surface area (Å²) >= 11 is 0. The van der Waals surface area contributed by atoms with Crippen LogP contribution in [0.1, 0.15) is 44.4 Å².